The molecule has 0 bridgehead atoms. The lowest BCUT2D eigenvalue weighted by Crippen LogP contribution is -2.68. The monoisotopic (exact) mass is 408 g/mol. The molecular formula is C9H9F13OSi. The first-order valence-corrected chi connectivity index (χ1v) is 7.00. The van der Waals surface area contributed by atoms with Crippen LogP contribution in [0.2, 0.25) is 0 Å². The summed E-state index contributed by atoms with van der Waals surface area (Å²) < 4.78 is 169. The quantitative estimate of drug-likeness (QED) is 0.432. The zero-order valence-electron chi connectivity index (χ0n) is 11.4. The van der Waals surface area contributed by atoms with Crippen molar-refractivity contribution in [2.24, 2.45) is 0 Å². The predicted molar refractivity (Wildman–Crippen MR) is 55.6 cm³/mol. The van der Waals surface area contributed by atoms with Gasteiger partial charge in [0.05, 0.1) is 0 Å². The first-order chi connectivity index (χ1) is 10.3. The van der Waals surface area contributed by atoms with Crippen LogP contribution in [0, 0.1) is 0 Å². The molecule has 0 N–H and O–H groups in total. The molecule has 146 valence electrons. The van der Waals surface area contributed by atoms with Crippen molar-refractivity contribution in [3.63, 3.8) is 0 Å². The Bertz CT molecular complexity index is 430. The molecule has 0 radical (unpaired) electrons. The van der Waals surface area contributed by atoms with Gasteiger partial charge in [-0.2, -0.15) is 48.3 Å². The Morgan fingerprint density at radius 3 is 1.38 bits per heavy atom. The maximum absolute atomic E-state index is 13.1. The van der Waals surface area contributed by atoms with Gasteiger partial charge in [-0.3, -0.25) is 0 Å². The van der Waals surface area contributed by atoms with E-state index in [2.05, 4.69) is 4.43 Å². The Morgan fingerprint density at radius 1 is 0.625 bits per heavy atom. The fourth-order valence-corrected chi connectivity index (χ4v) is 2.15. The molecule has 0 aliphatic rings. The van der Waals surface area contributed by atoms with Crippen LogP contribution >= 0.6 is 0 Å². The highest BCUT2D eigenvalue weighted by molar-refractivity contribution is 6.31. The fourth-order valence-electron chi connectivity index (χ4n) is 1.38. The Labute approximate surface area is 128 Å². The van der Waals surface area contributed by atoms with Crippen molar-refractivity contribution in [1.82, 2.24) is 0 Å². The van der Waals surface area contributed by atoms with Crippen LogP contribution in [0.4, 0.5) is 57.1 Å². The minimum Gasteiger partial charge on any atom is -0.420 e. The second kappa shape index (κ2) is 6.53. The molecule has 0 amide bonds. The van der Waals surface area contributed by atoms with Crippen LogP contribution < -0.4 is 0 Å². The third kappa shape index (κ3) is 4.08. The highest BCUT2D eigenvalue weighted by Gasteiger charge is 2.85. The fraction of sp³-hybridized carbons (Fsp3) is 1.00. The van der Waals surface area contributed by atoms with Crippen LogP contribution in [0.25, 0.3) is 0 Å². The van der Waals surface area contributed by atoms with Crippen LogP contribution in [0.1, 0.15) is 12.8 Å². The van der Waals surface area contributed by atoms with Gasteiger partial charge in [0, 0.05) is 20.0 Å². The van der Waals surface area contributed by atoms with Gasteiger partial charge in [-0.25, -0.2) is 8.78 Å². The van der Waals surface area contributed by atoms with E-state index in [1.54, 1.807) is 0 Å². The number of rotatable bonds is 8. The lowest BCUT2D eigenvalue weighted by molar-refractivity contribution is -0.392. The van der Waals surface area contributed by atoms with Crippen LogP contribution in [-0.2, 0) is 4.43 Å². The van der Waals surface area contributed by atoms with E-state index in [9.17, 15) is 57.1 Å². The highest BCUT2D eigenvalue weighted by atomic mass is 28.2. The lowest BCUT2D eigenvalue weighted by Gasteiger charge is -2.39. The first kappa shape index (κ1) is 23.3. The molecule has 0 aromatic rings. The molecule has 15 heteroatoms. The van der Waals surface area contributed by atoms with Crippen LogP contribution in [0.3, 0.4) is 0 Å². The van der Waals surface area contributed by atoms with Crippen molar-refractivity contribution >= 4 is 9.76 Å². The number of halogens is 13. The summed E-state index contributed by atoms with van der Waals surface area (Å²) in [6.45, 7) is 0. The van der Waals surface area contributed by atoms with Crippen LogP contribution in [0.15, 0.2) is 0 Å². The van der Waals surface area contributed by atoms with Crippen molar-refractivity contribution < 1.29 is 61.5 Å². The van der Waals surface area contributed by atoms with E-state index in [1.165, 1.54) is 0 Å². The van der Waals surface area contributed by atoms with Gasteiger partial charge in [0.25, 0.3) is 0 Å². The molecule has 0 aromatic carbocycles. The summed E-state index contributed by atoms with van der Waals surface area (Å²) in [5.74, 6) is -27.8. The minimum atomic E-state index is -7.34. The number of alkyl halides is 13. The summed E-state index contributed by atoms with van der Waals surface area (Å²) in [5.41, 5.74) is -5.87. The lowest BCUT2D eigenvalue weighted by atomic mass is 9.95. The summed E-state index contributed by atoms with van der Waals surface area (Å²) in [7, 11) is -3.53. The zero-order chi connectivity index (χ0) is 19.8. The Balaban J connectivity index is 5.80. The van der Waals surface area contributed by atoms with Gasteiger partial charge in [-0.1, -0.05) is 0 Å². The molecule has 0 aliphatic carbocycles. The third-order valence-corrected chi connectivity index (χ3v) is 3.85. The maximum atomic E-state index is 13.1. The largest absolute Gasteiger partial charge is 0.420 e. The van der Waals surface area contributed by atoms with Crippen molar-refractivity contribution in [1.29, 1.82) is 0 Å². The number of hydrogen-bond acceptors (Lipinski definition) is 1. The van der Waals surface area contributed by atoms with Gasteiger partial charge in [0.1, 0.15) is 0 Å². The average Bonchev–Trinajstić information content (AvgIpc) is 2.34. The minimum absolute atomic E-state index is 0.366. The summed E-state index contributed by atoms with van der Waals surface area (Å²) in [6, 6.07) is 0. The van der Waals surface area contributed by atoms with E-state index in [-0.39, 0.29) is 0 Å². The molecule has 1 nitrogen and oxygen atoms in total. The van der Waals surface area contributed by atoms with Crippen molar-refractivity contribution in [2.45, 2.75) is 48.3 Å². The van der Waals surface area contributed by atoms with Gasteiger partial charge in [-0.15, -0.1) is 0 Å². The van der Waals surface area contributed by atoms with Crippen LogP contribution in [0.5, 0.6) is 0 Å². The zero-order valence-corrected chi connectivity index (χ0v) is 12.9. The van der Waals surface area contributed by atoms with E-state index in [1.807, 2.05) is 0 Å². The molecule has 0 saturated heterocycles. The summed E-state index contributed by atoms with van der Waals surface area (Å²) in [4.78, 5) is 0. The Hall–Kier alpha value is -0.733. The Morgan fingerprint density at radius 2 is 1.04 bits per heavy atom. The van der Waals surface area contributed by atoms with E-state index >= 15 is 0 Å². The van der Waals surface area contributed by atoms with Gasteiger partial charge in [-0.05, 0) is 0 Å². The molecule has 0 rings (SSSR count). The third-order valence-electron chi connectivity index (χ3n) is 2.76. The highest BCUT2D eigenvalue weighted by Crippen LogP contribution is 2.57. The standard InChI is InChI=1S/C9H9F13OSi/c1-23-24-9(21,22)8(19,20)7(17,18)6(15,16)4(10,11)2-3-5(12,13)14/h2-3,24H2,1H3. The average molecular weight is 408 g/mol. The normalized spacial score (nSPS) is 16.2. The molecule has 0 aliphatic heterocycles. The molecular weight excluding hydrogens is 399 g/mol. The maximum Gasteiger partial charge on any atom is 0.389 e. The van der Waals surface area contributed by atoms with E-state index in [4.69, 9.17) is 0 Å². The molecule has 24 heavy (non-hydrogen) atoms. The van der Waals surface area contributed by atoms with Gasteiger partial charge in [0.15, 0.2) is 0 Å². The van der Waals surface area contributed by atoms with E-state index in [0.29, 0.717) is 7.11 Å². The van der Waals surface area contributed by atoms with Crippen molar-refractivity contribution in [2.75, 3.05) is 7.11 Å². The molecule has 0 saturated carbocycles. The molecule has 0 aromatic heterocycles. The van der Waals surface area contributed by atoms with Gasteiger partial charge < -0.3 is 4.43 Å². The molecule has 0 heterocycles. The molecule has 0 spiro atoms. The topological polar surface area (TPSA) is 9.23 Å². The van der Waals surface area contributed by atoms with Crippen LogP contribution in [-0.4, -0.2) is 52.3 Å². The summed E-state index contributed by atoms with van der Waals surface area (Å²) in [5, 5.41) is 0. The summed E-state index contributed by atoms with van der Waals surface area (Å²) in [6.07, 6.45) is -11.2. The number of hydrogen-bond donors (Lipinski definition) is 0. The van der Waals surface area contributed by atoms with Crippen molar-refractivity contribution in [3.8, 4) is 0 Å². The predicted octanol–water partition coefficient (Wildman–Crippen LogP) is 4.19. The van der Waals surface area contributed by atoms with Gasteiger partial charge in [0.2, 0.25) is 9.76 Å². The second-order valence-electron chi connectivity index (χ2n) is 4.68. The van der Waals surface area contributed by atoms with E-state index < -0.39 is 58.0 Å². The molecule has 0 unspecified atom stereocenters. The first-order valence-electron chi connectivity index (χ1n) is 5.71. The molecule has 0 fully saturated rings. The smallest absolute Gasteiger partial charge is 0.389 e. The van der Waals surface area contributed by atoms with Crippen molar-refractivity contribution in [3.05, 3.63) is 0 Å². The SMILES string of the molecule is CO[SiH2]C(F)(F)C(F)(F)C(F)(F)C(F)(F)C(F)(F)CCC(F)(F)F. The van der Waals surface area contributed by atoms with Gasteiger partial charge >= 0.3 is 35.4 Å². The Kier molecular flexibility index (Phi) is 6.33. The second-order valence-corrected chi connectivity index (χ2v) is 6.43. The molecule has 0 atom stereocenters. The summed E-state index contributed by atoms with van der Waals surface area (Å²) >= 11 is 0. The van der Waals surface area contributed by atoms with E-state index in [0.717, 1.165) is 0 Å².